The van der Waals surface area contributed by atoms with E-state index in [-0.39, 0.29) is 0 Å². The molecule has 0 amide bonds. The van der Waals surface area contributed by atoms with Gasteiger partial charge >= 0.3 is 0 Å². The number of benzene rings is 2. The van der Waals surface area contributed by atoms with Gasteiger partial charge in [0, 0.05) is 49.9 Å². The van der Waals surface area contributed by atoms with Gasteiger partial charge in [-0.05, 0) is 23.6 Å². The van der Waals surface area contributed by atoms with E-state index < -0.39 is 0 Å². The Morgan fingerprint density at radius 2 is 1.44 bits per heavy atom. The van der Waals surface area contributed by atoms with Gasteiger partial charge in [-0.15, -0.1) is 11.8 Å². The summed E-state index contributed by atoms with van der Waals surface area (Å²) in [5.74, 6) is 1.21. The molecule has 4 rings (SSSR count). The summed E-state index contributed by atoms with van der Waals surface area (Å²) in [6.45, 7) is 6.93. The molecule has 0 saturated carbocycles. The highest BCUT2D eigenvalue weighted by Gasteiger charge is 2.18. The van der Waals surface area contributed by atoms with Crippen molar-refractivity contribution < 1.29 is 0 Å². The van der Waals surface area contributed by atoms with Crippen molar-refractivity contribution in [3.05, 3.63) is 71.3 Å². The van der Waals surface area contributed by atoms with Crippen LogP contribution in [0.15, 0.2) is 65.1 Å². The normalized spacial score (nSPS) is 19.1. The van der Waals surface area contributed by atoms with Crippen LogP contribution < -0.4 is 0 Å². The molecule has 0 radical (unpaired) electrons. The smallest absolute Gasteiger partial charge is 0.0234 e. The predicted molar refractivity (Wildman–Crippen MR) is 108 cm³/mol. The summed E-state index contributed by atoms with van der Waals surface area (Å²) in [6.07, 6.45) is 3.65. The summed E-state index contributed by atoms with van der Waals surface area (Å²) < 4.78 is 0. The highest BCUT2D eigenvalue weighted by atomic mass is 32.2. The van der Waals surface area contributed by atoms with Crippen molar-refractivity contribution >= 4 is 17.8 Å². The first kappa shape index (κ1) is 16.9. The molecule has 0 unspecified atom stereocenters. The fourth-order valence-corrected chi connectivity index (χ4v) is 4.73. The lowest BCUT2D eigenvalue weighted by atomic mass is 10.1. The zero-order chi connectivity index (χ0) is 16.9. The minimum Gasteiger partial charge on any atom is -0.297 e. The van der Waals surface area contributed by atoms with E-state index in [1.807, 2.05) is 11.8 Å². The van der Waals surface area contributed by atoms with Crippen LogP contribution in [-0.4, -0.2) is 48.3 Å². The van der Waals surface area contributed by atoms with Crippen molar-refractivity contribution in [1.29, 1.82) is 0 Å². The number of thioether (sulfide) groups is 1. The predicted octanol–water partition coefficient (Wildman–Crippen LogP) is 4.38. The number of fused-ring (bicyclic) bond motifs is 1. The van der Waals surface area contributed by atoms with E-state index >= 15 is 0 Å². The highest BCUT2D eigenvalue weighted by Crippen LogP contribution is 2.30. The SMILES string of the molecule is C1=C(CN2CCN(Cc3ccccc3)CC2)CCSc2ccccc21. The van der Waals surface area contributed by atoms with Gasteiger partial charge in [0.05, 0.1) is 0 Å². The van der Waals surface area contributed by atoms with Gasteiger partial charge in [-0.1, -0.05) is 60.2 Å². The second-order valence-corrected chi connectivity index (χ2v) is 8.11. The van der Waals surface area contributed by atoms with Gasteiger partial charge < -0.3 is 0 Å². The molecule has 0 bridgehead atoms. The molecule has 130 valence electrons. The molecular weight excluding hydrogens is 324 g/mol. The Balaban J connectivity index is 1.32. The van der Waals surface area contributed by atoms with Crippen molar-refractivity contribution in [3.8, 4) is 0 Å². The maximum Gasteiger partial charge on any atom is 0.0234 e. The first-order valence-electron chi connectivity index (χ1n) is 9.27. The van der Waals surface area contributed by atoms with Crippen molar-refractivity contribution in [2.75, 3.05) is 38.5 Å². The van der Waals surface area contributed by atoms with Crippen LogP contribution >= 0.6 is 11.8 Å². The third-order valence-electron chi connectivity index (χ3n) is 5.10. The molecule has 2 aromatic rings. The summed E-state index contributed by atoms with van der Waals surface area (Å²) in [4.78, 5) is 6.65. The van der Waals surface area contributed by atoms with Gasteiger partial charge in [0.25, 0.3) is 0 Å². The molecule has 2 nitrogen and oxygen atoms in total. The van der Waals surface area contributed by atoms with Crippen LogP contribution in [0, 0.1) is 0 Å². The number of piperazine rings is 1. The van der Waals surface area contributed by atoms with Crippen LogP contribution in [0.4, 0.5) is 0 Å². The average Bonchev–Trinajstić information content (AvgIpc) is 2.86. The van der Waals surface area contributed by atoms with Crippen LogP contribution in [0.1, 0.15) is 17.5 Å². The Morgan fingerprint density at radius 3 is 2.24 bits per heavy atom. The zero-order valence-corrected chi connectivity index (χ0v) is 15.5. The van der Waals surface area contributed by atoms with E-state index in [1.165, 1.54) is 54.4 Å². The van der Waals surface area contributed by atoms with Crippen LogP contribution in [-0.2, 0) is 6.54 Å². The monoisotopic (exact) mass is 350 g/mol. The van der Waals surface area contributed by atoms with Gasteiger partial charge in [0.1, 0.15) is 0 Å². The molecular formula is C22H26N2S. The minimum atomic E-state index is 1.08. The molecule has 3 heteroatoms. The van der Waals surface area contributed by atoms with Crippen LogP contribution in [0.5, 0.6) is 0 Å². The summed E-state index contributed by atoms with van der Waals surface area (Å²) in [5, 5.41) is 0. The Hall–Kier alpha value is -1.55. The van der Waals surface area contributed by atoms with E-state index in [4.69, 9.17) is 0 Å². The van der Waals surface area contributed by atoms with Crippen LogP contribution in [0.3, 0.4) is 0 Å². The van der Waals surface area contributed by atoms with Crippen LogP contribution in [0.25, 0.3) is 6.08 Å². The lowest BCUT2D eigenvalue weighted by Gasteiger charge is -2.35. The summed E-state index contributed by atoms with van der Waals surface area (Å²) in [6, 6.07) is 19.7. The molecule has 1 fully saturated rings. The fraction of sp³-hybridized carbons (Fsp3) is 0.364. The zero-order valence-electron chi connectivity index (χ0n) is 14.7. The van der Waals surface area contributed by atoms with E-state index in [0.717, 1.165) is 13.1 Å². The van der Waals surface area contributed by atoms with Crippen LogP contribution in [0.2, 0.25) is 0 Å². The second-order valence-electron chi connectivity index (χ2n) is 6.98. The fourth-order valence-electron chi connectivity index (χ4n) is 3.67. The number of hydrogen-bond donors (Lipinski definition) is 0. The van der Waals surface area contributed by atoms with Gasteiger partial charge in [-0.3, -0.25) is 9.80 Å². The number of nitrogens with zero attached hydrogens (tertiary/aromatic N) is 2. The number of rotatable bonds is 4. The molecule has 0 spiro atoms. The third-order valence-corrected chi connectivity index (χ3v) is 6.19. The maximum absolute atomic E-state index is 2.63. The molecule has 0 N–H and O–H groups in total. The Labute approximate surface area is 155 Å². The molecule has 2 heterocycles. The van der Waals surface area contributed by atoms with Crippen molar-refractivity contribution in [1.82, 2.24) is 9.80 Å². The molecule has 0 atom stereocenters. The Bertz CT molecular complexity index is 718. The first-order valence-corrected chi connectivity index (χ1v) is 10.3. The van der Waals surface area contributed by atoms with Gasteiger partial charge in [-0.2, -0.15) is 0 Å². The first-order chi connectivity index (χ1) is 12.4. The maximum atomic E-state index is 2.63. The molecule has 2 aliphatic rings. The van der Waals surface area contributed by atoms with Crippen molar-refractivity contribution in [2.24, 2.45) is 0 Å². The number of hydrogen-bond acceptors (Lipinski definition) is 3. The summed E-state index contributed by atoms with van der Waals surface area (Å²) >= 11 is 2.00. The average molecular weight is 351 g/mol. The van der Waals surface area contributed by atoms with Crippen molar-refractivity contribution in [2.45, 2.75) is 17.9 Å². The van der Waals surface area contributed by atoms with E-state index in [0.29, 0.717) is 0 Å². The lowest BCUT2D eigenvalue weighted by Crippen LogP contribution is -2.46. The van der Waals surface area contributed by atoms with Crippen molar-refractivity contribution in [3.63, 3.8) is 0 Å². The molecule has 0 aromatic heterocycles. The van der Waals surface area contributed by atoms with Gasteiger partial charge in [0.15, 0.2) is 0 Å². The Kier molecular flexibility index (Phi) is 5.55. The minimum absolute atomic E-state index is 1.08. The van der Waals surface area contributed by atoms with E-state index in [9.17, 15) is 0 Å². The molecule has 2 aliphatic heterocycles. The van der Waals surface area contributed by atoms with Gasteiger partial charge in [-0.25, -0.2) is 0 Å². The molecule has 1 saturated heterocycles. The second kappa shape index (κ2) is 8.22. The van der Waals surface area contributed by atoms with E-state index in [1.54, 1.807) is 5.57 Å². The highest BCUT2D eigenvalue weighted by molar-refractivity contribution is 7.99. The van der Waals surface area contributed by atoms with Gasteiger partial charge in [0.2, 0.25) is 0 Å². The molecule has 0 aliphatic carbocycles. The lowest BCUT2D eigenvalue weighted by molar-refractivity contribution is 0.134. The largest absolute Gasteiger partial charge is 0.297 e. The summed E-state index contributed by atoms with van der Waals surface area (Å²) in [7, 11) is 0. The quantitative estimate of drug-likeness (QED) is 0.808. The molecule has 2 aromatic carbocycles. The molecule has 25 heavy (non-hydrogen) atoms. The van der Waals surface area contributed by atoms with E-state index in [2.05, 4.69) is 70.5 Å². The third kappa shape index (κ3) is 4.55. The topological polar surface area (TPSA) is 6.48 Å². The Morgan fingerprint density at radius 1 is 0.760 bits per heavy atom. The standard InChI is InChI=1S/C22H26N2S/c1-2-6-19(7-3-1)17-23-11-13-24(14-12-23)18-20-10-15-25-22-9-5-4-8-21(22)16-20/h1-9,16H,10-15,17-18H2. The summed E-state index contributed by atoms with van der Waals surface area (Å²) in [5.41, 5.74) is 4.42.